The SMILES string of the molecule is CC(CN)N1CCN(c2ncc3ccccc3n2)CC1. The fraction of sp³-hybridized carbons (Fsp3) is 0.467. The number of hydrogen-bond acceptors (Lipinski definition) is 5. The number of rotatable bonds is 3. The predicted molar refractivity (Wildman–Crippen MR) is 81.8 cm³/mol. The highest BCUT2D eigenvalue weighted by atomic mass is 15.3. The van der Waals surface area contributed by atoms with Gasteiger partial charge in [0.25, 0.3) is 0 Å². The molecule has 3 rings (SSSR count). The van der Waals surface area contributed by atoms with Crippen molar-refractivity contribution in [2.75, 3.05) is 37.6 Å². The number of hydrogen-bond donors (Lipinski definition) is 1. The van der Waals surface area contributed by atoms with E-state index in [0.717, 1.165) is 43.0 Å². The lowest BCUT2D eigenvalue weighted by Crippen LogP contribution is -2.51. The van der Waals surface area contributed by atoms with Crippen molar-refractivity contribution >= 4 is 16.9 Å². The number of benzene rings is 1. The van der Waals surface area contributed by atoms with Gasteiger partial charge in [0.15, 0.2) is 0 Å². The van der Waals surface area contributed by atoms with E-state index < -0.39 is 0 Å². The highest BCUT2D eigenvalue weighted by Gasteiger charge is 2.21. The van der Waals surface area contributed by atoms with Crippen molar-refractivity contribution in [3.63, 3.8) is 0 Å². The van der Waals surface area contributed by atoms with Gasteiger partial charge in [0.2, 0.25) is 5.95 Å². The quantitative estimate of drug-likeness (QED) is 0.906. The van der Waals surface area contributed by atoms with E-state index in [-0.39, 0.29) is 0 Å². The molecule has 1 aromatic heterocycles. The monoisotopic (exact) mass is 271 g/mol. The molecule has 1 aromatic carbocycles. The molecule has 2 N–H and O–H groups in total. The molecular formula is C15H21N5. The molecule has 5 heteroatoms. The van der Waals surface area contributed by atoms with Gasteiger partial charge in [-0.1, -0.05) is 18.2 Å². The van der Waals surface area contributed by atoms with Gasteiger partial charge in [0.05, 0.1) is 5.52 Å². The first-order valence-corrected chi connectivity index (χ1v) is 7.19. The fourth-order valence-electron chi connectivity index (χ4n) is 2.63. The van der Waals surface area contributed by atoms with Crippen LogP contribution in [0.15, 0.2) is 30.5 Å². The topological polar surface area (TPSA) is 58.3 Å². The number of piperazine rings is 1. The summed E-state index contributed by atoms with van der Waals surface area (Å²) in [6.07, 6.45) is 1.91. The van der Waals surface area contributed by atoms with Gasteiger partial charge in [-0.2, -0.15) is 0 Å². The third-order valence-electron chi connectivity index (χ3n) is 4.04. The number of nitrogens with zero attached hydrogens (tertiary/aromatic N) is 4. The molecule has 1 aliphatic heterocycles. The summed E-state index contributed by atoms with van der Waals surface area (Å²) in [6.45, 7) is 6.86. The third-order valence-corrected chi connectivity index (χ3v) is 4.04. The van der Waals surface area contributed by atoms with Crippen molar-refractivity contribution in [2.24, 2.45) is 5.73 Å². The van der Waals surface area contributed by atoms with Gasteiger partial charge >= 0.3 is 0 Å². The van der Waals surface area contributed by atoms with Gasteiger partial charge in [-0.25, -0.2) is 9.97 Å². The molecule has 1 fully saturated rings. The van der Waals surface area contributed by atoms with Crippen molar-refractivity contribution in [1.82, 2.24) is 14.9 Å². The molecule has 20 heavy (non-hydrogen) atoms. The van der Waals surface area contributed by atoms with Crippen LogP contribution in [-0.2, 0) is 0 Å². The summed E-state index contributed by atoms with van der Waals surface area (Å²) in [7, 11) is 0. The second-order valence-electron chi connectivity index (χ2n) is 5.34. The second-order valence-corrected chi connectivity index (χ2v) is 5.34. The van der Waals surface area contributed by atoms with Crippen LogP contribution in [0.4, 0.5) is 5.95 Å². The summed E-state index contributed by atoms with van der Waals surface area (Å²) in [5.74, 6) is 0.837. The Labute approximate surface area is 119 Å². The van der Waals surface area contributed by atoms with E-state index in [1.165, 1.54) is 0 Å². The molecular weight excluding hydrogens is 250 g/mol. The summed E-state index contributed by atoms with van der Waals surface area (Å²) >= 11 is 0. The summed E-state index contributed by atoms with van der Waals surface area (Å²) in [6, 6.07) is 8.56. The Bertz CT molecular complexity index is 577. The highest BCUT2D eigenvalue weighted by molar-refractivity contribution is 5.78. The fourth-order valence-corrected chi connectivity index (χ4v) is 2.63. The molecule has 0 spiro atoms. The maximum atomic E-state index is 5.73. The largest absolute Gasteiger partial charge is 0.338 e. The van der Waals surface area contributed by atoms with E-state index in [2.05, 4.69) is 26.7 Å². The Balaban J connectivity index is 1.73. The molecule has 0 radical (unpaired) electrons. The van der Waals surface area contributed by atoms with Crippen LogP contribution < -0.4 is 10.6 Å². The van der Waals surface area contributed by atoms with Crippen molar-refractivity contribution in [3.05, 3.63) is 30.5 Å². The van der Waals surface area contributed by atoms with Crippen molar-refractivity contribution in [1.29, 1.82) is 0 Å². The first-order chi connectivity index (χ1) is 9.78. The predicted octanol–water partition coefficient (Wildman–Crippen LogP) is 1.10. The van der Waals surface area contributed by atoms with Gasteiger partial charge in [-0.3, -0.25) is 4.90 Å². The maximum absolute atomic E-state index is 5.73. The van der Waals surface area contributed by atoms with E-state index in [0.29, 0.717) is 12.6 Å². The number of anilines is 1. The van der Waals surface area contributed by atoms with Crippen molar-refractivity contribution in [3.8, 4) is 0 Å². The maximum Gasteiger partial charge on any atom is 0.225 e. The molecule has 0 aliphatic carbocycles. The van der Waals surface area contributed by atoms with E-state index in [1.807, 2.05) is 30.5 Å². The zero-order valence-corrected chi connectivity index (χ0v) is 11.9. The minimum Gasteiger partial charge on any atom is -0.338 e. The summed E-state index contributed by atoms with van der Waals surface area (Å²) < 4.78 is 0. The minimum absolute atomic E-state index is 0.453. The standard InChI is InChI=1S/C15H21N5/c1-12(10-16)19-6-8-20(9-7-19)15-17-11-13-4-2-3-5-14(13)18-15/h2-5,11-12H,6-10,16H2,1H3. The van der Waals surface area contributed by atoms with E-state index >= 15 is 0 Å². The number of fused-ring (bicyclic) bond motifs is 1. The van der Waals surface area contributed by atoms with Gasteiger partial charge in [-0.15, -0.1) is 0 Å². The normalized spacial score (nSPS) is 18.4. The molecule has 2 heterocycles. The zero-order chi connectivity index (χ0) is 13.9. The van der Waals surface area contributed by atoms with E-state index in [1.54, 1.807) is 0 Å². The van der Waals surface area contributed by atoms with Crippen LogP contribution in [0.3, 0.4) is 0 Å². The van der Waals surface area contributed by atoms with Gasteiger partial charge in [0, 0.05) is 50.3 Å². The van der Waals surface area contributed by atoms with Crippen LogP contribution in [0.25, 0.3) is 10.9 Å². The number of nitrogens with two attached hydrogens (primary N) is 1. The lowest BCUT2D eigenvalue weighted by Gasteiger charge is -2.37. The molecule has 0 amide bonds. The zero-order valence-electron chi connectivity index (χ0n) is 11.9. The summed E-state index contributed by atoms with van der Waals surface area (Å²) in [5, 5.41) is 1.09. The van der Waals surface area contributed by atoms with Crippen LogP contribution in [0.2, 0.25) is 0 Å². The lowest BCUT2D eigenvalue weighted by atomic mass is 10.2. The highest BCUT2D eigenvalue weighted by Crippen LogP contribution is 2.16. The number of para-hydroxylation sites is 1. The molecule has 1 aliphatic rings. The van der Waals surface area contributed by atoms with E-state index in [9.17, 15) is 0 Å². The first kappa shape index (κ1) is 13.3. The van der Waals surface area contributed by atoms with Crippen molar-refractivity contribution in [2.45, 2.75) is 13.0 Å². The minimum atomic E-state index is 0.453. The molecule has 1 saturated heterocycles. The van der Waals surface area contributed by atoms with Crippen LogP contribution in [0.1, 0.15) is 6.92 Å². The molecule has 0 saturated carbocycles. The average molecular weight is 271 g/mol. The third kappa shape index (κ3) is 2.59. The Hall–Kier alpha value is -1.72. The molecule has 0 bridgehead atoms. The van der Waals surface area contributed by atoms with Crippen LogP contribution in [-0.4, -0.2) is 53.6 Å². The molecule has 2 aromatic rings. The molecule has 1 atom stereocenters. The van der Waals surface area contributed by atoms with Gasteiger partial charge in [0.1, 0.15) is 0 Å². The molecule has 106 valence electrons. The van der Waals surface area contributed by atoms with Gasteiger partial charge < -0.3 is 10.6 Å². The lowest BCUT2D eigenvalue weighted by molar-refractivity contribution is 0.200. The summed E-state index contributed by atoms with van der Waals surface area (Å²) in [4.78, 5) is 13.8. The second kappa shape index (κ2) is 5.73. The van der Waals surface area contributed by atoms with Crippen LogP contribution >= 0.6 is 0 Å². The molecule has 5 nitrogen and oxygen atoms in total. The average Bonchev–Trinajstić information content (AvgIpc) is 2.54. The number of aromatic nitrogens is 2. The Morgan fingerprint density at radius 2 is 1.95 bits per heavy atom. The van der Waals surface area contributed by atoms with Crippen molar-refractivity contribution < 1.29 is 0 Å². The van der Waals surface area contributed by atoms with Gasteiger partial charge in [-0.05, 0) is 13.0 Å². The summed E-state index contributed by atoms with van der Waals surface area (Å²) in [5.41, 5.74) is 6.74. The first-order valence-electron chi connectivity index (χ1n) is 7.19. The Morgan fingerprint density at radius 1 is 1.20 bits per heavy atom. The smallest absolute Gasteiger partial charge is 0.225 e. The van der Waals surface area contributed by atoms with Crippen LogP contribution in [0.5, 0.6) is 0 Å². The Kier molecular flexibility index (Phi) is 3.80. The molecule has 1 unspecified atom stereocenters. The van der Waals surface area contributed by atoms with E-state index in [4.69, 9.17) is 5.73 Å². The Morgan fingerprint density at radius 3 is 2.70 bits per heavy atom. The van der Waals surface area contributed by atoms with Crippen LogP contribution in [0, 0.1) is 0 Å².